The van der Waals surface area contributed by atoms with Gasteiger partial charge in [0.05, 0.1) is 4.91 Å². The first-order valence-corrected chi connectivity index (χ1v) is 8.92. The maximum Gasteiger partial charge on any atom is 0.327 e. The quantitative estimate of drug-likeness (QED) is 0.445. The third kappa shape index (κ3) is 4.29. The summed E-state index contributed by atoms with van der Waals surface area (Å²) in [5.41, 5.74) is 0.723. The number of para-hydroxylation sites is 1. The maximum absolute atomic E-state index is 12.7. The highest BCUT2D eigenvalue weighted by Gasteiger charge is 2.41. The van der Waals surface area contributed by atoms with E-state index in [2.05, 4.69) is 6.58 Å². The van der Waals surface area contributed by atoms with Crippen LogP contribution in [0, 0.1) is 5.92 Å². The number of aliphatic carboxylic acids is 1. The first-order valence-electron chi connectivity index (χ1n) is 7.69. The summed E-state index contributed by atoms with van der Waals surface area (Å²) in [4.78, 5) is 25.8. The number of nitrogens with zero attached hydrogens (tertiary/aromatic N) is 1. The summed E-state index contributed by atoms with van der Waals surface area (Å²) in [7, 11) is 0. The van der Waals surface area contributed by atoms with Gasteiger partial charge in [-0.3, -0.25) is 9.69 Å². The average Bonchev–Trinajstić information content (AvgIpc) is 2.81. The molecule has 25 heavy (non-hydrogen) atoms. The van der Waals surface area contributed by atoms with Crippen LogP contribution in [-0.4, -0.2) is 38.9 Å². The molecular weight excluding hydrogens is 358 g/mol. The van der Waals surface area contributed by atoms with E-state index in [-0.39, 0.29) is 10.2 Å². The Kier molecular flexibility index (Phi) is 6.39. The van der Waals surface area contributed by atoms with Crippen molar-refractivity contribution >= 4 is 46.3 Å². The predicted octanol–water partition coefficient (Wildman–Crippen LogP) is 3.56. The second-order valence-electron chi connectivity index (χ2n) is 5.72. The molecule has 0 saturated carbocycles. The molecule has 1 N–H and O–H groups in total. The van der Waals surface area contributed by atoms with E-state index in [1.54, 1.807) is 32.1 Å². The minimum Gasteiger partial charge on any atom is -0.489 e. The minimum absolute atomic E-state index is 0.252. The zero-order chi connectivity index (χ0) is 18.6. The lowest BCUT2D eigenvalue weighted by atomic mass is 10.0. The molecule has 1 fully saturated rings. The average molecular weight is 377 g/mol. The Labute approximate surface area is 156 Å². The van der Waals surface area contributed by atoms with Crippen LogP contribution >= 0.6 is 24.0 Å². The zero-order valence-electron chi connectivity index (χ0n) is 14.0. The number of hydrogen-bond acceptors (Lipinski definition) is 5. The number of carbonyl (C=O) groups excluding carboxylic acids is 1. The molecule has 0 spiro atoms. The first kappa shape index (κ1) is 19.2. The fourth-order valence-corrected chi connectivity index (χ4v) is 3.75. The highest BCUT2D eigenvalue weighted by Crippen LogP contribution is 2.36. The molecule has 1 aromatic carbocycles. The lowest BCUT2D eigenvalue weighted by molar-refractivity contribution is -0.146. The summed E-state index contributed by atoms with van der Waals surface area (Å²) in [5, 5.41) is 9.45. The molecule has 132 valence electrons. The van der Waals surface area contributed by atoms with Crippen LogP contribution in [0.2, 0.25) is 0 Å². The molecule has 0 aromatic heterocycles. The van der Waals surface area contributed by atoms with Gasteiger partial charge in [0, 0.05) is 5.56 Å². The predicted molar refractivity (Wildman–Crippen MR) is 103 cm³/mol. The van der Waals surface area contributed by atoms with E-state index in [0.717, 1.165) is 17.3 Å². The van der Waals surface area contributed by atoms with Gasteiger partial charge in [-0.15, -0.1) is 0 Å². The van der Waals surface area contributed by atoms with Crippen LogP contribution in [0.1, 0.15) is 19.4 Å². The fraction of sp³-hybridized carbons (Fsp3) is 0.278. The molecule has 1 aliphatic heterocycles. The van der Waals surface area contributed by atoms with E-state index in [4.69, 9.17) is 17.0 Å². The van der Waals surface area contributed by atoms with Crippen molar-refractivity contribution in [1.29, 1.82) is 0 Å². The van der Waals surface area contributed by atoms with Gasteiger partial charge in [-0.2, -0.15) is 0 Å². The maximum atomic E-state index is 12.7. The molecule has 0 bridgehead atoms. The SMILES string of the molecule is C=CCOc1ccccc1/C=C1\SC(=S)N([C@@H](C(=O)O)C(C)C)C1=O. The molecular formula is C18H19NO4S2. The Morgan fingerprint density at radius 1 is 1.44 bits per heavy atom. The Morgan fingerprint density at radius 2 is 2.12 bits per heavy atom. The van der Waals surface area contributed by atoms with Crippen LogP contribution in [0.3, 0.4) is 0 Å². The van der Waals surface area contributed by atoms with Crippen molar-refractivity contribution in [1.82, 2.24) is 4.90 Å². The van der Waals surface area contributed by atoms with Gasteiger partial charge < -0.3 is 9.84 Å². The molecule has 2 rings (SSSR count). The van der Waals surface area contributed by atoms with Crippen LogP contribution in [0.25, 0.3) is 6.08 Å². The zero-order valence-corrected chi connectivity index (χ0v) is 15.6. The second kappa shape index (κ2) is 8.31. The molecule has 7 heteroatoms. The molecule has 1 saturated heterocycles. The summed E-state index contributed by atoms with van der Waals surface area (Å²) in [6, 6.07) is 6.30. The second-order valence-corrected chi connectivity index (χ2v) is 7.39. The third-order valence-corrected chi connectivity index (χ3v) is 4.88. The number of thiocarbonyl (C=S) groups is 1. The number of carbonyl (C=O) groups is 2. The third-order valence-electron chi connectivity index (χ3n) is 3.55. The molecule has 0 unspecified atom stereocenters. The molecule has 1 aliphatic rings. The van der Waals surface area contributed by atoms with Crippen LogP contribution in [0.5, 0.6) is 5.75 Å². The van der Waals surface area contributed by atoms with E-state index < -0.39 is 17.9 Å². The highest BCUT2D eigenvalue weighted by atomic mass is 32.2. The van der Waals surface area contributed by atoms with Gasteiger partial charge in [0.25, 0.3) is 5.91 Å². The molecule has 1 atom stereocenters. The first-order chi connectivity index (χ1) is 11.9. The lowest BCUT2D eigenvalue weighted by Gasteiger charge is -2.26. The number of thioether (sulfide) groups is 1. The van der Waals surface area contributed by atoms with Crippen molar-refractivity contribution in [2.24, 2.45) is 5.92 Å². The summed E-state index contributed by atoms with van der Waals surface area (Å²) in [6.45, 7) is 7.46. The van der Waals surface area contributed by atoms with Gasteiger partial charge in [0.15, 0.2) is 0 Å². The number of carboxylic acids is 1. The van der Waals surface area contributed by atoms with E-state index in [0.29, 0.717) is 17.3 Å². The van der Waals surface area contributed by atoms with Crippen molar-refractivity contribution in [2.75, 3.05) is 6.61 Å². The Morgan fingerprint density at radius 3 is 2.72 bits per heavy atom. The van der Waals surface area contributed by atoms with Crippen molar-refractivity contribution < 1.29 is 19.4 Å². The van der Waals surface area contributed by atoms with Gasteiger partial charge >= 0.3 is 5.97 Å². The van der Waals surface area contributed by atoms with Crippen molar-refractivity contribution in [2.45, 2.75) is 19.9 Å². The number of amides is 1. The van der Waals surface area contributed by atoms with Gasteiger partial charge in [-0.25, -0.2) is 4.79 Å². The molecule has 0 radical (unpaired) electrons. The van der Waals surface area contributed by atoms with E-state index >= 15 is 0 Å². The standard InChI is InChI=1S/C18H19NO4S2/c1-4-9-23-13-8-6-5-7-12(13)10-14-16(20)19(18(24)25-14)15(11(2)3)17(21)22/h4-8,10-11,15H,1,9H2,2-3H3,(H,21,22)/b14-10-/t15-/m1/s1. The van der Waals surface area contributed by atoms with Gasteiger partial charge in [-0.05, 0) is 18.1 Å². The minimum atomic E-state index is -1.07. The topological polar surface area (TPSA) is 66.8 Å². The van der Waals surface area contributed by atoms with Gasteiger partial charge in [0.2, 0.25) is 0 Å². The normalized spacial score (nSPS) is 17.2. The Balaban J connectivity index is 2.35. The summed E-state index contributed by atoms with van der Waals surface area (Å²) >= 11 is 6.35. The Hall–Kier alpha value is -2.12. The number of ether oxygens (including phenoxy) is 1. The fourth-order valence-electron chi connectivity index (χ4n) is 2.43. The van der Waals surface area contributed by atoms with Crippen LogP contribution in [0.15, 0.2) is 41.8 Å². The molecule has 1 heterocycles. The summed E-state index contributed by atoms with van der Waals surface area (Å²) in [5.74, 6) is -1.11. The Bertz CT molecular complexity index is 742. The van der Waals surface area contributed by atoms with Crippen LogP contribution < -0.4 is 4.74 Å². The van der Waals surface area contributed by atoms with E-state index in [1.807, 2.05) is 18.2 Å². The lowest BCUT2D eigenvalue weighted by Crippen LogP contribution is -2.47. The molecule has 5 nitrogen and oxygen atoms in total. The molecule has 1 aromatic rings. The monoisotopic (exact) mass is 377 g/mol. The van der Waals surface area contributed by atoms with Gasteiger partial charge in [-0.1, -0.05) is 68.7 Å². The molecule has 0 aliphatic carbocycles. The van der Waals surface area contributed by atoms with Crippen molar-refractivity contribution in [3.63, 3.8) is 0 Å². The van der Waals surface area contributed by atoms with Crippen LogP contribution in [-0.2, 0) is 9.59 Å². The summed E-state index contributed by atoms with van der Waals surface area (Å²) < 4.78 is 5.84. The molecule has 1 amide bonds. The number of carboxylic acid groups (broad SMARTS) is 1. The number of benzene rings is 1. The summed E-state index contributed by atoms with van der Waals surface area (Å²) in [6.07, 6.45) is 3.31. The van der Waals surface area contributed by atoms with Crippen molar-refractivity contribution in [3.8, 4) is 5.75 Å². The number of rotatable bonds is 7. The van der Waals surface area contributed by atoms with Crippen LogP contribution in [0.4, 0.5) is 0 Å². The van der Waals surface area contributed by atoms with Crippen molar-refractivity contribution in [3.05, 3.63) is 47.4 Å². The smallest absolute Gasteiger partial charge is 0.327 e. The number of hydrogen-bond donors (Lipinski definition) is 1. The highest BCUT2D eigenvalue weighted by molar-refractivity contribution is 8.26. The van der Waals surface area contributed by atoms with E-state index in [1.165, 1.54) is 4.90 Å². The van der Waals surface area contributed by atoms with Gasteiger partial charge in [0.1, 0.15) is 22.7 Å². The largest absolute Gasteiger partial charge is 0.489 e. The van der Waals surface area contributed by atoms with E-state index in [9.17, 15) is 14.7 Å².